The van der Waals surface area contributed by atoms with Gasteiger partial charge in [-0.05, 0) is 80.1 Å². The molecule has 0 aromatic carbocycles. The summed E-state index contributed by atoms with van der Waals surface area (Å²) in [6.45, 7) is 16.1. The van der Waals surface area contributed by atoms with Gasteiger partial charge < -0.3 is 98.4 Å². The molecule has 0 bridgehead atoms. The molecule has 22 nitrogen and oxygen atoms in total. The van der Waals surface area contributed by atoms with Gasteiger partial charge in [0.15, 0.2) is 25.2 Å². The van der Waals surface area contributed by atoms with Gasteiger partial charge in [-0.2, -0.15) is 0 Å². The average Bonchev–Trinajstić information content (AvgIpc) is 3.30. The van der Waals surface area contributed by atoms with E-state index in [2.05, 4.69) is 18.7 Å². The molecular weight excluding hydrogens is 929 g/mol. The molecular formula is C48H78O22. The molecule has 21 atom stereocenters. The summed E-state index contributed by atoms with van der Waals surface area (Å²) in [6, 6.07) is 0. The second-order valence-electron chi connectivity index (χ2n) is 18.9. The Labute approximate surface area is 409 Å². The lowest BCUT2D eigenvalue weighted by molar-refractivity contribution is -0.363. The number of carbonyl (C=O) groups excluding carboxylic acids is 2. The summed E-state index contributed by atoms with van der Waals surface area (Å²) in [7, 11) is 0. The van der Waals surface area contributed by atoms with E-state index in [4.69, 9.17) is 47.4 Å². The summed E-state index contributed by atoms with van der Waals surface area (Å²) in [5.41, 5.74) is 2.08. The first-order chi connectivity index (χ1) is 32.9. The van der Waals surface area contributed by atoms with Crippen molar-refractivity contribution < 1.29 is 108 Å². The highest BCUT2D eigenvalue weighted by molar-refractivity contribution is 5.66. The Hall–Kier alpha value is -2.82. The number of hydrogen-bond donors (Lipinski definition) is 10. The van der Waals surface area contributed by atoms with Crippen LogP contribution in [0, 0.1) is 0 Å². The number of esters is 2. The maximum Gasteiger partial charge on any atom is 0.302 e. The lowest BCUT2D eigenvalue weighted by atomic mass is 9.95. The zero-order chi connectivity index (χ0) is 52.2. The van der Waals surface area contributed by atoms with Crippen molar-refractivity contribution in [3.63, 3.8) is 0 Å². The van der Waals surface area contributed by atoms with Crippen LogP contribution in [0.25, 0.3) is 0 Å². The molecule has 4 fully saturated rings. The molecule has 0 aromatic rings. The summed E-state index contributed by atoms with van der Waals surface area (Å²) < 4.78 is 56.7. The van der Waals surface area contributed by atoms with Gasteiger partial charge in [-0.3, -0.25) is 9.59 Å². The molecule has 0 aliphatic carbocycles. The van der Waals surface area contributed by atoms with Crippen LogP contribution in [0.4, 0.5) is 0 Å². The minimum absolute atomic E-state index is 0.0398. The van der Waals surface area contributed by atoms with Crippen molar-refractivity contribution in [3.05, 3.63) is 47.6 Å². The summed E-state index contributed by atoms with van der Waals surface area (Å²) in [5, 5.41) is 106. The quantitative estimate of drug-likeness (QED) is 0.0459. The number of rotatable bonds is 23. The van der Waals surface area contributed by atoms with Gasteiger partial charge in [-0.1, -0.05) is 41.0 Å². The van der Waals surface area contributed by atoms with Gasteiger partial charge >= 0.3 is 11.9 Å². The Kier molecular flexibility index (Phi) is 23.4. The third kappa shape index (κ3) is 16.6. The van der Waals surface area contributed by atoms with Crippen LogP contribution in [0.1, 0.15) is 93.9 Å². The number of hydrogen-bond acceptors (Lipinski definition) is 22. The number of ether oxygens (including phenoxy) is 10. The first kappa shape index (κ1) is 59.7. The zero-order valence-electron chi connectivity index (χ0n) is 41.3. The fourth-order valence-electron chi connectivity index (χ4n) is 8.26. The van der Waals surface area contributed by atoms with Gasteiger partial charge in [0.2, 0.25) is 0 Å². The predicted molar refractivity (Wildman–Crippen MR) is 244 cm³/mol. The van der Waals surface area contributed by atoms with Crippen molar-refractivity contribution in [2.24, 2.45) is 0 Å². The van der Waals surface area contributed by atoms with E-state index in [0.717, 1.165) is 30.4 Å². The molecule has 4 aliphatic heterocycles. The molecule has 4 aliphatic rings. The van der Waals surface area contributed by atoms with Crippen LogP contribution in [0.2, 0.25) is 0 Å². The molecule has 0 radical (unpaired) electrons. The highest BCUT2D eigenvalue weighted by Crippen LogP contribution is 2.34. The van der Waals surface area contributed by atoms with Crippen molar-refractivity contribution >= 4 is 11.9 Å². The second-order valence-corrected chi connectivity index (χ2v) is 18.9. The van der Waals surface area contributed by atoms with Gasteiger partial charge in [0.25, 0.3) is 0 Å². The van der Waals surface area contributed by atoms with Crippen molar-refractivity contribution in [1.82, 2.24) is 0 Å². The zero-order valence-corrected chi connectivity index (χ0v) is 41.3. The minimum atomic E-state index is -1.71. The van der Waals surface area contributed by atoms with E-state index in [1.54, 1.807) is 13.0 Å². The van der Waals surface area contributed by atoms with E-state index < -0.39 is 154 Å². The number of aliphatic hydroxyl groups is 10. The maximum atomic E-state index is 11.7. The lowest BCUT2D eigenvalue weighted by Crippen LogP contribution is -2.64. The van der Waals surface area contributed by atoms with E-state index in [1.807, 2.05) is 26.8 Å². The van der Waals surface area contributed by atoms with Gasteiger partial charge in [0, 0.05) is 13.8 Å². The summed E-state index contributed by atoms with van der Waals surface area (Å²) in [4.78, 5) is 23.3. The van der Waals surface area contributed by atoms with Crippen LogP contribution >= 0.6 is 0 Å². The summed E-state index contributed by atoms with van der Waals surface area (Å²) in [5.74, 6) is -1.29. The Morgan fingerprint density at radius 1 is 0.529 bits per heavy atom. The number of aliphatic hydroxyl groups excluding tert-OH is 10. The minimum Gasteiger partial charge on any atom is -0.463 e. The van der Waals surface area contributed by atoms with Gasteiger partial charge in [-0.15, -0.1) is 6.58 Å². The predicted octanol–water partition coefficient (Wildman–Crippen LogP) is -0.411. The van der Waals surface area contributed by atoms with E-state index in [1.165, 1.54) is 33.3 Å². The van der Waals surface area contributed by atoms with E-state index in [-0.39, 0.29) is 6.61 Å². The summed E-state index contributed by atoms with van der Waals surface area (Å²) in [6.07, 6.45) is -17.1. The van der Waals surface area contributed by atoms with Crippen LogP contribution in [0.3, 0.4) is 0 Å². The van der Waals surface area contributed by atoms with Crippen molar-refractivity contribution in [1.29, 1.82) is 0 Å². The topological polar surface area (TPSA) is 329 Å². The second kappa shape index (κ2) is 27.5. The lowest BCUT2D eigenvalue weighted by Gasteiger charge is -2.47. The smallest absolute Gasteiger partial charge is 0.302 e. The molecule has 4 rings (SSSR count). The Morgan fingerprint density at radius 3 is 1.37 bits per heavy atom. The molecule has 10 N–H and O–H groups in total. The van der Waals surface area contributed by atoms with Crippen LogP contribution in [-0.4, -0.2) is 211 Å². The van der Waals surface area contributed by atoms with Crippen molar-refractivity contribution in [2.75, 3.05) is 19.8 Å². The molecule has 22 heteroatoms. The number of carbonyl (C=O) groups is 2. The molecule has 0 spiro atoms. The average molecular weight is 1010 g/mol. The SMILES string of the molecule is C=C[C@](C)(CC/C=C(\C)CC/C=C(\C)CC/C=C(\C)CO[C@@H]1O[C@H](COC(C)=O)[C@@H](O[C@@H]2O[C@@H](C)[C@H](O)[C@@H](O)[C@H]2O)[C@H](O)[C@H]1O)O[C@@H]1O[C@H](COC(C)=O)[C@@H](O[C@@H]2O[C@@H](C)[C@H](O)[C@@H](O)[C@H]2O)[C@H](O)[C@H]1O. The van der Waals surface area contributed by atoms with E-state index in [9.17, 15) is 60.7 Å². The van der Waals surface area contributed by atoms with Crippen molar-refractivity contribution in [3.8, 4) is 0 Å². The van der Waals surface area contributed by atoms with Crippen LogP contribution in [0.15, 0.2) is 47.6 Å². The highest BCUT2D eigenvalue weighted by Gasteiger charge is 2.53. The van der Waals surface area contributed by atoms with Crippen LogP contribution < -0.4 is 0 Å². The van der Waals surface area contributed by atoms with Crippen LogP contribution in [0.5, 0.6) is 0 Å². The molecule has 0 aromatic heterocycles. The third-order valence-corrected chi connectivity index (χ3v) is 12.9. The molecule has 70 heavy (non-hydrogen) atoms. The first-order valence-corrected chi connectivity index (χ1v) is 23.8. The fourth-order valence-corrected chi connectivity index (χ4v) is 8.26. The molecule has 0 saturated carbocycles. The normalized spacial score (nSPS) is 39.8. The Balaban J connectivity index is 1.23. The number of allylic oxidation sites excluding steroid dienone is 5. The largest absolute Gasteiger partial charge is 0.463 e. The fraction of sp³-hybridized carbons (Fsp3) is 0.792. The highest BCUT2D eigenvalue weighted by atomic mass is 16.8. The molecule has 4 heterocycles. The van der Waals surface area contributed by atoms with Crippen molar-refractivity contribution in [2.45, 2.75) is 222 Å². The first-order valence-electron chi connectivity index (χ1n) is 23.8. The van der Waals surface area contributed by atoms with Gasteiger partial charge in [0.05, 0.1) is 24.4 Å². The Bertz CT molecular complexity index is 1760. The van der Waals surface area contributed by atoms with E-state index >= 15 is 0 Å². The van der Waals surface area contributed by atoms with Crippen LogP contribution in [-0.2, 0) is 57.0 Å². The van der Waals surface area contributed by atoms with E-state index in [0.29, 0.717) is 19.3 Å². The standard InChI is InChI=1S/C48H78O22/c1-10-48(9,70-47-41(60)37(56)43(31(67-47)22-62-29(8)50)69-46-39(58)35(54)33(52)27(6)65-46)19-13-18-24(3)15-11-14-23(2)16-12-17-25(4)20-63-44-40(59)36(55)42(30(66-44)21-61-28(7)49)68-45-38(57)34(53)32(51)26(5)64-45/h10,14,17-18,26-27,30-47,51-60H,1,11-13,15-16,19-22H2,2-9H3/b23-14+,24-18+,25-17+/t26-,27-,30+,31+,32-,33-,34+,35+,36+,37+,38+,39+,40+,41+,42+,43+,44+,45-,46-,47-,48+/m0/s1. The molecule has 0 amide bonds. The van der Waals surface area contributed by atoms with Gasteiger partial charge in [-0.25, -0.2) is 0 Å². The molecule has 4 saturated heterocycles. The summed E-state index contributed by atoms with van der Waals surface area (Å²) >= 11 is 0. The third-order valence-electron chi connectivity index (χ3n) is 12.9. The Morgan fingerprint density at radius 2 is 0.929 bits per heavy atom. The van der Waals surface area contributed by atoms with Gasteiger partial charge in [0.1, 0.15) is 98.7 Å². The monoisotopic (exact) mass is 1010 g/mol. The maximum absolute atomic E-state index is 11.7. The molecule has 0 unspecified atom stereocenters. The molecule has 402 valence electrons.